The molecule has 0 atom stereocenters. The summed E-state index contributed by atoms with van der Waals surface area (Å²) in [5.74, 6) is 0.0903. The third-order valence-corrected chi connectivity index (χ3v) is 4.19. The zero-order valence-electron chi connectivity index (χ0n) is 11.6. The molecule has 1 aromatic carbocycles. The molecule has 21 heavy (non-hydrogen) atoms. The summed E-state index contributed by atoms with van der Waals surface area (Å²) >= 11 is 0. The predicted molar refractivity (Wildman–Crippen MR) is 84.6 cm³/mol. The summed E-state index contributed by atoms with van der Waals surface area (Å²) in [7, 11) is 0. The Morgan fingerprint density at radius 1 is 1.24 bits per heavy atom. The van der Waals surface area contributed by atoms with Crippen LogP contribution in [0.15, 0.2) is 36.5 Å². The quantitative estimate of drug-likeness (QED) is 0.497. The van der Waals surface area contributed by atoms with Crippen LogP contribution in [-0.2, 0) is 12.8 Å². The van der Waals surface area contributed by atoms with Crippen LogP contribution >= 0.6 is 0 Å². The highest BCUT2D eigenvalue weighted by atomic mass is 14.8. The Morgan fingerprint density at radius 2 is 2.10 bits per heavy atom. The van der Waals surface area contributed by atoms with E-state index in [1.165, 1.54) is 11.3 Å². The first-order valence-electron chi connectivity index (χ1n) is 7.17. The molecular formula is C17H16N4. The Bertz CT molecular complexity index is 860. The van der Waals surface area contributed by atoms with E-state index in [4.69, 9.17) is 11.1 Å². The largest absolute Gasteiger partial charge is 0.382 e. The van der Waals surface area contributed by atoms with Crippen molar-refractivity contribution in [3.63, 3.8) is 0 Å². The van der Waals surface area contributed by atoms with E-state index in [1.54, 1.807) is 0 Å². The fourth-order valence-corrected chi connectivity index (χ4v) is 3.25. The van der Waals surface area contributed by atoms with E-state index in [-0.39, 0.29) is 5.84 Å². The molecule has 0 bridgehead atoms. The number of nitrogen functional groups attached to an aromatic ring is 1. The van der Waals surface area contributed by atoms with Crippen molar-refractivity contribution in [2.45, 2.75) is 19.3 Å². The number of nitrogens with one attached hydrogen (secondary N) is 2. The normalized spacial score (nSPS) is 13.5. The van der Waals surface area contributed by atoms with E-state index in [2.05, 4.69) is 22.1 Å². The van der Waals surface area contributed by atoms with Crippen LogP contribution in [0.5, 0.6) is 0 Å². The maximum absolute atomic E-state index is 7.82. The van der Waals surface area contributed by atoms with Gasteiger partial charge in [0.25, 0.3) is 0 Å². The second kappa shape index (κ2) is 4.45. The smallest absolute Gasteiger partial charge is 0.140 e. The molecule has 4 rings (SSSR count). The Balaban J connectivity index is 1.97. The third-order valence-electron chi connectivity index (χ3n) is 4.19. The Hall–Kier alpha value is -2.62. The molecule has 4 nitrogen and oxygen atoms in total. The van der Waals surface area contributed by atoms with Gasteiger partial charge in [-0.05, 0) is 37.0 Å². The monoisotopic (exact) mass is 276 g/mol. The first kappa shape index (κ1) is 12.1. The summed E-state index contributed by atoms with van der Waals surface area (Å²) in [4.78, 5) is 7.87. The van der Waals surface area contributed by atoms with Crippen LogP contribution < -0.4 is 5.73 Å². The molecule has 0 saturated heterocycles. The molecule has 1 aliphatic carbocycles. The van der Waals surface area contributed by atoms with Crippen molar-refractivity contribution in [1.29, 1.82) is 5.41 Å². The number of H-pyrrole nitrogens is 1. The van der Waals surface area contributed by atoms with Crippen molar-refractivity contribution in [2.24, 2.45) is 5.73 Å². The van der Waals surface area contributed by atoms with Gasteiger partial charge in [-0.2, -0.15) is 0 Å². The number of pyridine rings is 1. The minimum absolute atomic E-state index is 0.0903. The number of nitrogens with two attached hydrogens (primary N) is 1. The topological polar surface area (TPSA) is 78.5 Å². The van der Waals surface area contributed by atoms with Gasteiger partial charge in [0.05, 0.1) is 11.2 Å². The maximum atomic E-state index is 7.82. The molecule has 0 aliphatic heterocycles. The molecule has 0 saturated carbocycles. The molecule has 2 heterocycles. The maximum Gasteiger partial charge on any atom is 0.140 e. The van der Waals surface area contributed by atoms with Gasteiger partial charge in [-0.25, -0.2) is 0 Å². The number of hydrogen-bond donors (Lipinski definition) is 3. The number of para-hydroxylation sites is 1. The summed E-state index contributed by atoms with van der Waals surface area (Å²) in [5.41, 5.74) is 12.1. The van der Waals surface area contributed by atoms with Crippen molar-refractivity contribution in [3.05, 3.63) is 53.5 Å². The van der Waals surface area contributed by atoms with Crippen molar-refractivity contribution in [2.75, 3.05) is 0 Å². The lowest BCUT2D eigenvalue weighted by Gasteiger charge is -2.07. The molecule has 0 fully saturated rings. The summed E-state index contributed by atoms with van der Waals surface area (Å²) in [6.07, 6.45) is 5.13. The number of benzene rings is 1. The first-order chi connectivity index (χ1) is 10.2. The minimum atomic E-state index is 0.0903. The average molecular weight is 276 g/mol. The number of nitrogens with zero attached hydrogens (tertiary/aromatic N) is 1. The van der Waals surface area contributed by atoms with Crippen LogP contribution in [0.2, 0.25) is 0 Å². The highest BCUT2D eigenvalue weighted by Gasteiger charge is 2.23. The molecular weight excluding hydrogens is 260 g/mol. The number of amidine groups is 1. The molecule has 0 amide bonds. The van der Waals surface area contributed by atoms with E-state index in [0.29, 0.717) is 0 Å². The van der Waals surface area contributed by atoms with Gasteiger partial charge in [0.15, 0.2) is 0 Å². The number of rotatable bonds is 2. The lowest BCUT2D eigenvalue weighted by atomic mass is 10.00. The van der Waals surface area contributed by atoms with E-state index >= 15 is 0 Å². The van der Waals surface area contributed by atoms with E-state index in [0.717, 1.165) is 47.0 Å². The van der Waals surface area contributed by atoms with Gasteiger partial charge in [0.2, 0.25) is 0 Å². The fraction of sp³-hybridized carbons (Fsp3) is 0.176. The number of aromatic nitrogens is 2. The molecule has 0 radical (unpaired) electrons. The molecule has 4 heteroatoms. The third kappa shape index (κ3) is 1.83. The lowest BCUT2D eigenvalue weighted by Crippen LogP contribution is -2.13. The zero-order chi connectivity index (χ0) is 14.4. The summed E-state index contributed by atoms with van der Waals surface area (Å²) in [6.45, 7) is 0. The lowest BCUT2D eigenvalue weighted by molar-refractivity contribution is 0.892. The molecule has 3 aromatic rings. The van der Waals surface area contributed by atoms with E-state index in [9.17, 15) is 0 Å². The first-order valence-corrected chi connectivity index (χ1v) is 7.17. The molecule has 0 unspecified atom stereocenters. The van der Waals surface area contributed by atoms with Crippen molar-refractivity contribution < 1.29 is 0 Å². The van der Waals surface area contributed by atoms with Gasteiger partial charge in [-0.15, -0.1) is 0 Å². The molecule has 1 aliphatic rings. The number of aryl methyl sites for hydroxylation is 1. The highest BCUT2D eigenvalue weighted by Crippen LogP contribution is 2.36. The van der Waals surface area contributed by atoms with Gasteiger partial charge < -0.3 is 10.7 Å². The molecule has 104 valence electrons. The Labute approximate surface area is 122 Å². The SMILES string of the molecule is N=C(N)c1[nH]c2c(c1-c1cnc3ccccc3c1)CCC2. The summed E-state index contributed by atoms with van der Waals surface area (Å²) < 4.78 is 0. The van der Waals surface area contributed by atoms with Crippen LogP contribution in [0, 0.1) is 5.41 Å². The Morgan fingerprint density at radius 3 is 2.95 bits per heavy atom. The summed E-state index contributed by atoms with van der Waals surface area (Å²) in [5, 5.41) is 8.93. The molecule has 2 aromatic heterocycles. The van der Waals surface area contributed by atoms with Gasteiger partial charge in [0.1, 0.15) is 5.84 Å². The highest BCUT2D eigenvalue weighted by molar-refractivity contribution is 6.02. The Kier molecular flexibility index (Phi) is 2.57. The second-order valence-corrected chi connectivity index (χ2v) is 5.52. The fourth-order valence-electron chi connectivity index (χ4n) is 3.25. The van der Waals surface area contributed by atoms with Crippen molar-refractivity contribution in [3.8, 4) is 11.1 Å². The average Bonchev–Trinajstić information content (AvgIpc) is 3.07. The van der Waals surface area contributed by atoms with Crippen LogP contribution in [0.1, 0.15) is 23.4 Å². The number of hydrogen-bond acceptors (Lipinski definition) is 2. The van der Waals surface area contributed by atoms with Crippen LogP contribution in [0.3, 0.4) is 0 Å². The zero-order valence-corrected chi connectivity index (χ0v) is 11.6. The number of fused-ring (bicyclic) bond motifs is 2. The van der Waals surface area contributed by atoms with Gasteiger partial charge in [-0.1, -0.05) is 18.2 Å². The molecule has 4 N–H and O–H groups in total. The van der Waals surface area contributed by atoms with Crippen molar-refractivity contribution >= 4 is 16.7 Å². The van der Waals surface area contributed by atoms with Gasteiger partial charge >= 0.3 is 0 Å². The van der Waals surface area contributed by atoms with Crippen LogP contribution in [0.4, 0.5) is 0 Å². The minimum Gasteiger partial charge on any atom is -0.382 e. The number of aromatic amines is 1. The van der Waals surface area contributed by atoms with Crippen LogP contribution in [0.25, 0.3) is 22.0 Å². The van der Waals surface area contributed by atoms with Crippen LogP contribution in [-0.4, -0.2) is 15.8 Å². The summed E-state index contributed by atoms with van der Waals surface area (Å²) in [6, 6.07) is 10.2. The standard InChI is InChI=1S/C17H16N4/c18-17(19)16-15(12-5-3-7-14(12)21-16)11-8-10-4-1-2-6-13(10)20-9-11/h1-2,4,6,8-9,21H,3,5,7H2,(H3,18,19). The van der Waals surface area contributed by atoms with Crippen molar-refractivity contribution in [1.82, 2.24) is 9.97 Å². The van der Waals surface area contributed by atoms with Gasteiger partial charge in [-0.3, -0.25) is 10.4 Å². The van der Waals surface area contributed by atoms with Gasteiger partial charge in [0, 0.05) is 28.4 Å². The second-order valence-electron chi connectivity index (χ2n) is 5.52. The molecule has 0 spiro atoms. The van der Waals surface area contributed by atoms with E-state index in [1.807, 2.05) is 24.4 Å². The van der Waals surface area contributed by atoms with E-state index < -0.39 is 0 Å². The predicted octanol–water partition coefficient (Wildman–Crippen LogP) is 3.00.